The highest BCUT2D eigenvalue weighted by atomic mass is 16.7. The number of methoxy groups -OCH3 is 1. The number of carbonyl (C=O) groups excluding carboxylic acids is 1. The summed E-state index contributed by atoms with van der Waals surface area (Å²) in [6, 6.07) is 17.7. The molecule has 3 aromatic carbocycles. The van der Waals surface area contributed by atoms with Crippen LogP contribution >= 0.6 is 0 Å². The van der Waals surface area contributed by atoms with Gasteiger partial charge in [0.05, 0.1) is 19.3 Å². The Bertz CT molecular complexity index is 1390. The quantitative estimate of drug-likeness (QED) is 0.452. The molecule has 0 bridgehead atoms. The molecule has 1 saturated heterocycles. The van der Waals surface area contributed by atoms with E-state index in [-0.39, 0.29) is 12.7 Å². The highest BCUT2D eigenvalue weighted by Crippen LogP contribution is 2.36. The number of benzene rings is 3. The van der Waals surface area contributed by atoms with Crippen molar-refractivity contribution < 1.29 is 23.4 Å². The minimum absolute atomic E-state index is 0.0667. The molecule has 2 aliphatic heterocycles. The number of fused-ring (bicyclic) bond motifs is 4. The first kappa shape index (κ1) is 21.8. The third kappa shape index (κ3) is 4.38. The molecule has 0 radical (unpaired) electrons. The number of nitrogens with zero attached hydrogens (tertiary/aromatic N) is 2. The van der Waals surface area contributed by atoms with Crippen molar-refractivity contribution in [1.29, 1.82) is 0 Å². The lowest BCUT2D eigenvalue weighted by Gasteiger charge is -2.34. The van der Waals surface area contributed by atoms with E-state index in [0.717, 1.165) is 66.2 Å². The number of piperazine rings is 1. The molecule has 8 heteroatoms. The number of amides is 1. The maximum absolute atomic E-state index is 12.9. The Morgan fingerprint density at radius 3 is 2.57 bits per heavy atom. The van der Waals surface area contributed by atoms with Crippen molar-refractivity contribution in [1.82, 2.24) is 9.80 Å². The van der Waals surface area contributed by atoms with Crippen LogP contribution in [-0.4, -0.2) is 62.3 Å². The molecule has 4 aromatic rings. The van der Waals surface area contributed by atoms with Crippen molar-refractivity contribution in [3.63, 3.8) is 0 Å². The highest BCUT2D eigenvalue weighted by Gasteiger charge is 2.21. The summed E-state index contributed by atoms with van der Waals surface area (Å²) in [5.41, 5.74) is 3.35. The lowest BCUT2D eigenvalue weighted by atomic mass is 10.1. The van der Waals surface area contributed by atoms with Crippen molar-refractivity contribution in [3.05, 3.63) is 60.2 Å². The molecule has 3 heterocycles. The summed E-state index contributed by atoms with van der Waals surface area (Å²) >= 11 is 0. The van der Waals surface area contributed by atoms with Crippen molar-refractivity contribution in [2.24, 2.45) is 0 Å². The van der Waals surface area contributed by atoms with Gasteiger partial charge in [0.2, 0.25) is 12.7 Å². The lowest BCUT2D eigenvalue weighted by molar-refractivity contribution is -0.117. The average molecular weight is 474 g/mol. The van der Waals surface area contributed by atoms with Crippen LogP contribution in [0.5, 0.6) is 17.2 Å². The summed E-state index contributed by atoms with van der Waals surface area (Å²) in [6.07, 6.45) is 0. The predicted molar refractivity (Wildman–Crippen MR) is 133 cm³/mol. The summed E-state index contributed by atoms with van der Waals surface area (Å²) in [7, 11) is 1.61. The molecule has 2 aliphatic rings. The van der Waals surface area contributed by atoms with Gasteiger partial charge >= 0.3 is 0 Å². The van der Waals surface area contributed by atoms with Crippen LogP contribution in [0, 0.1) is 0 Å². The molecular formula is C27H27N3O5. The number of carbonyl (C=O) groups is 1. The topological polar surface area (TPSA) is 76.4 Å². The van der Waals surface area contributed by atoms with E-state index in [9.17, 15) is 4.79 Å². The molecule has 6 rings (SSSR count). The maximum Gasteiger partial charge on any atom is 0.238 e. The number of para-hydroxylation sites is 1. The standard InChI is InChI=1S/C27H27N3O5/c1-32-25-13-20-19-4-2-3-5-22(19)35-24(20)14-21(25)28-27(31)16-30-10-8-29(9-11-30)15-18-6-7-23-26(12-18)34-17-33-23/h2-7,12-14H,8-11,15-17H2,1H3,(H,28,31). The Morgan fingerprint density at radius 1 is 0.914 bits per heavy atom. The third-order valence-electron chi connectivity index (χ3n) is 6.65. The van der Waals surface area contributed by atoms with Gasteiger partial charge in [0, 0.05) is 49.6 Å². The van der Waals surface area contributed by atoms with E-state index in [4.69, 9.17) is 18.6 Å². The number of furan rings is 1. The fraction of sp³-hybridized carbons (Fsp3) is 0.296. The normalized spacial score (nSPS) is 16.1. The van der Waals surface area contributed by atoms with Gasteiger partial charge < -0.3 is 23.9 Å². The summed E-state index contributed by atoms with van der Waals surface area (Å²) in [5.74, 6) is 2.17. The second-order valence-electron chi connectivity index (χ2n) is 8.93. The second-order valence-corrected chi connectivity index (χ2v) is 8.93. The fourth-order valence-corrected chi connectivity index (χ4v) is 4.81. The van der Waals surface area contributed by atoms with Crippen molar-refractivity contribution in [2.75, 3.05) is 51.9 Å². The molecule has 1 amide bonds. The number of nitrogens with one attached hydrogen (secondary N) is 1. The van der Waals surface area contributed by atoms with E-state index in [0.29, 0.717) is 18.0 Å². The van der Waals surface area contributed by atoms with Crippen LogP contribution < -0.4 is 19.5 Å². The molecule has 35 heavy (non-hydrogen) atoms. The fourth-order valence-electron chi connectivity index (χ4n) is 4.81. The number of rotatable bonds is 6. The van der Waals surface area contributed by atoms with E-state index >= 15 is 0 Å². The van der Waals surface area contributed by atoms with E-state index in [2.05, 4.69) is 21.2 Å². The monoisotopic (exact) mass is 473 g/mol. The largest absolute Gasteiger partial charge is 0.495 e. The zero-order valence-corrected chi connectivity index (χ0v) is 19.6. The molecule has 0 unspecified atom stereocenters. The van der Waals surface area contributed by atoms with E-state index < -0.39 is 0 Å². The van der Waals surface area contributed by atoms with Gasteiger partial charge in [-0.25, -0.2) is 0 Å². The van der Waals surface area contributed by atoms with Crippen LogP contribution in [0.25, 0.3) is 21.9 Å². The van der Waals surface area contributed by atoms with Crippen LogP contribution in [0.15, 0.2) is 59.0 Å². The first-order valence-corrected chi connectivity index (χ1v) is 11.8. The molecule has 0 spiro atoms. The summed E-state index contributed by atoms with van der Waals surface area (Å²) < 4.78 is 22.4. The molecule has 180 valence electrons. The Balaban J connectivity index is 1.06. The molecule has 0 saturated carbocycles. The predicted octanol–water partition coefficient (Wildman–Crippen LogP) is 4.08. The number of hydrogen-bond donors (Lipinski definition) is 1. The number of hydrogen-bond acceptors (Lipinski definition) is 7. The first-order valence-electron chi connectivity index (χ1n) is 11.8. The molecule has 1 aromatic heterocycles. The minimum Gasteiger partial charge on any atom is -0.495 e. The van der Waals surface area contributed by atoms with Gasteiger partial charge in [0.1, 0.15) is 16.9 Å². The molecule has 1 fully saturated rings. The lowest BCUT2D eigenvalue weighted by Crippen LogP contribution is -2.48. The van der Waals surface area contributed by atoms with Crippen LogP contribution in [0.2, 0.25) is 0 Å². The number of ether oxygens (including phenoxy) is 3. The average Bonchev–Trinajstić information content (AvgIpc) is 3.48. The Labute approximate surface area is 202 Å². The van der Waals surface area contributed by atoms with Crippen LogP contribution in [0.3, 0.4) is 0 Å². The number of anilines is 1. The molecule has 0 atom stereocenters. The zero-order valence-electron chi connectivity index (χ0n) is 19.6. The zero-order chi connectivity index (χ0) is 23.8. The van der Waals surface area contributed by atoms with Gasteiger partial charge in [-0.05, 0) is 29.8 Å². The van der Waals surface area contributed by atoms with Crippen molar-refractivity contribution >= 4 is 33.5 Å². The van der Waals surface area contributed by atoms with Gasteiger partial charge in [0.25, 0.3) is 0 Å². The molecule has 8 nitrogen and oxygen atoms in total. The van der Waals surface area contributed by atoms with Gasteiger partial charge in [-0.3, -0.25) is 14.6 Å². The second kappa shape index (κ2) is 9.13. The van der Waals surface area contributed by atoms with Crippen molar-refractivity contribution in [3.8, 4) is 17.2 Å². The molecular weight excluding hydrogens is 446 g/mol. The summed E-state index contributed by atoms with van der Waals surface area (Å²) in [4.78, 5) is 17.4. The third-order valence-corrected chi connectivity index (χ3v) is 6.65. The maximum atomic E-state index is 12.9. The Morgan fingerprint density at radius 2 is 1.71 bits per heavy atom. The Kier molecular flexibility index (Phi) is 5.67. The minimum atomic E-state index is -0.0667. The van der Waals surface area contributed by atoms with Gasteiger partial charge in [-0.15, -0.1) is 0 Å². The SMILES string of the molecule is COc1cc2c(cc1NC(=O)CN1CCN(Cc3ccc4c(c3)OCO4)CC1)oc1ccccc12. The van der Waals surface area contributed by atoms with Crippen molar-refractivity contribution in [2.45, 2.75) is 6.54 Å². The summed E-state index contributed by atoms with van der Waals surface area (Å²) in [6.45, 7) is 4.93. The van der Waals surface area contributed by atoms with Gasteiger partial charge in [0.15, 0.2) is 11.5 Å². The highest BCUT2D eigenvalue weighted by molar-refractivity contribution is 6.07. The van der Waals surface area contributed by atoms with Crippen LogP contribution in [-0.2, 0) is 11.3 Å². The van der Waals surface area contributed by atoms with E-state index in [1.165, 1.54) is 5.56 Å². The van der Waals surface area contributed by atoms with E-state index in [1.54, 1.807) is 7.11 Å². The van der Waals surface area contributed by atoms with Crippen LogP contribution in [0.1, 0.15) is 5.56 Å². The first-order chi connectivity index (χ1) is 17.2. The smallest absolute Gasteiger partial charge is 0.238 e. The molecule has 0 aliphatic carbocycles. The van der Waals surface area contributed by atoms with Crippen LogP contribution in [0.4, 0.5) is 5.69 Å². The Hall–Kier alpha value is -3.75. The van der Waals surface area contributed by atoms with Gasteiger partial charge in [-0.2, -0.15) is 0 Å². The van der Waals surface area contributed by atoms with Gasteiger partial charge in [-0.1, -0.05) is 24.3 Å². The van der Waals surface area contributed by atoms with E-state index in [1.807, 2.05) is 48.5 Å². The summed E-state index contributed by atoms with van der Waals surface area (Å²) in [5, 5.41) is 5.01. The molecule has 1 N–H and O–H groups in total.